The van der Waals surface area contributed by atoms with Gasteiger partial charge in [-0.15, -0.1) is 0 Å². The Labute approximate surface area is 134 Å². The summed E-state index contributed by atoms with van der Waals surface area (Å²) in [6, 6.07) is 5.16. The molecule has 1 aromatic carbocycles. The maximum Gasteiger partial charge on any atom is 0.142 e. The van der Waals surface area contributed by atoms with Gasteiger partial charge in [0, 0.05) is 18.4 Å². The second kappa shape index (κ2) is 6.45. The van der Waals surface area contributed by atoms with Crippen LogP contribution in [0.4, 0.5) is 4.39 Å². The zero-order valence-electron chi connectivity index (χ0n) is 12.2. The molecule has 2 fully saturated rings. The number of hydrogen-bond acceptors (Lipinski definition) is 3. The molecule has 5 heteroatoms. The van der Waals surface area contributed by atoms with Gasteiger partial charge in [-0.2, -0.15) is 11.8 Å². The molecule has 0 amide bonds. The van der Waals surface area contributed by atoms with Crippen molar-refractivity contribution in [2.24, 2.45) is 5.92 Å². The van der Waals surface area contributed by atoms with Crippen LogP contribution in [0.3, 0.4) is 0 Å². The first kappa shape index (κ1) is 15.6. The molecule has 0 radical (unpaired) electrons. The third-order valence-corrected chi connectivity index (χ3v) is 6.32. The van der Waals surface area contributed by atoms with Crippen LogP contribution in [0.5, 0.6) is 0 Å². The van der Waals surface area contributed by atoms with Gasteiger partial charge in [-0.3, -0.25) is 0 Å². The van der Waals surface area contributed by atoms with E-state index in [9.17, 15) is 4.39 Å². The molecule has 0 bridgehead atoms. The fraction of sp³-hybridized carbons (Fsp3) is 0.625. The van der Waals surface area contributed by atoms with Crippen molar-refractivity contribution in [3.8, 4) is 0 Å². The minimum atomic E-state index is -0.340. The van der Waals surface area contributed by atoms with Crippen molar-refractivity contribution in [3.05, 3.63) is 34.6 Å². The highest BCUT2D eigenvalue weighted by Gasteiger charge is 2.42. The van der Waals surface area contributed by atoms with Crippen LogP contribution < -0.4 is 5.32 Å². The lowest BCUT2D eigenvalue weighted by Crippen LogP contribution is -2.43. The van der Waals surface area contributed by atoms with Gasteiger partial charge in [0.05, 0.1) is 10.6 Å². The molecule has 1 N–H and O–H groups in total. The van der Waals surface area contributed by atoms with E-state index in [1.807, 2.05) is 24.9 Å². The molecule has 21 heavy (non-hydrogen) atoms. The number of rotatable bonds is 3. The predicted molar refractivity (Wildman–Crippen MR) is 86.6 cm³/mol. The van der Waals surface area contributed by atoms with Crippen LogP contribution >= 0.6 is 23.4 Å². The molecule has 1 spiro atoms. The number of hydrogen-bond donors (Lipinski definition) is 1. The Morgan fingerprint density at radius 3 is 3.10 bits per heavy atom. The molecule has 0 aromatic heterocycles. The summed E-state index contributed by atoms with van der Waals surface area (Å²) in [6.45, 7) is 0.788. The molecule has 3 rings (SSSR count). The van der Waals surface area contributed by atoms with Crippen LogP contribution in [0, 0.1) is 11.7 Å². The molecular weight excluding hydrogens is 309 g/mol. The van der Waals surface area contributed by atoms with Crippen LogP contribution in [0.25, 0.3) is 0 Å². The van der Waals surface area contributed by atoms with E-state index >= 15 is 0 Å². The van der Waals surface area contributed by atoms with Gasteiger partial charge in [-0.25, -0.2) is 4.39 Å². The maximum absolute atomic E-state index is 13.7. The largest absolute Gasteiger partial charge is 0.374 e. The Morgan fingerprint density at radius 2 is 2.38 bits per heavy atom. The lowest BCUT2D eigenvalue weighted by atomic mass is 9.79. The third-order valence-electron chi connectivity index (χ3n) is 4.70. The van der Waals surface area contributed by atoms with Gasteiger partial charge in [-0.05, 0) is 49.6 Å². The van der Waals surface area contributed by atoms with Crippen molar-refractivity contribution < 1.29 is 9.13 Å². The highest BCUT2D eigenvalue weighted by atomic mass is 35.5. The Balaban J connectivity index is 1.84. The van der Waals surface area contributed by atoms with E-state index in [4.69, 9.17) is 16.3 Å². The van der Waals surface area contributed by atoms with E-state index < -0.39 is 0 Å². The van der Waals surface area contributed by atoms with E-state index in [1.54, 1.807) is 6.07 Å². The summed E-state index contributed by atoms with van der Waals surface area (Å²) < 4.78 is 19.8. The minimum absolute atomic E-state index is 0.0302. The fourth-order valence-corrected chi connectivity index (χ4v) is 5.24. The first-order chi connectivity index (χ1) is 10.2. The SMILES string of the molecule is CNC(c1cccc(F)c1Cl)C1CCOC2(CCSC2)C1. The third kappa shape index (κ3) is 3.09. The molecule has 3 atom stereocenters. The van der Waals surface area contributed by atoms with Crippen molar-refractivity contribution >= 4 is 23.4 Å². The van der Waals surface area contributed by atoms with Gasteiger partial charge >= 0.3 is 0 Å². The van der Waals surface area contributed by atoms with Gasteiger partial charge in [0.2, 0.25) is 0 Å². The van der Waals surface area contributed by atoms with Gasteiger partial charge in [0.1, 0.15) is 5.82 Å². The molecular formula is C16H21ClFNOS. The van der Waals surface area contributed by atoms with E-state index in [0.29, 0.717) is 5.92 Å². The number of ether oxygens (including phenoxy) is 1. The van der Waals surface area contributed by atoms with Crippen LogP contribution in [0.1, 0.15) is 30.9 Å². The summed E-state index contributed by atoms with van der Waals surface area (Å²) in [5.41, 5.74) is 0.898. The second-order valence-electron chi connectivity index (χ2n) is 6.00. The molecule has 2 heterocycles. The van der Waals surface area contributed by atoms with Crippen LogP contribution in [-0.4, -0.2) is 30.8 Å². The lowest BCUT2D eigenvalue weighted by molar-refractivity contribution is -0.0850. The first-order valence-corrected chi connectivity index (χ1v) is 9.01. The second-order valence-corrected chi connectivity index (χ2v) is 7.48. The van der Waals surface area contributed by atoms with Crippen molar-refractivity contribution in [2.75, 3.05) is 25.2 Å². The van der Waals surface area contributed by atoms with Gasteiger partial charge < -0.3 is 10.1 Å². The highest BCUT2D eigenvalue weighted by molar-refractivity contribution is 7.99. The molecule has 2 nitrogen and oxygen atoms in total. The topological polar surface area (TPSA) is 21.3 Å². The van der Waals surface area contributed by atoms with Crippen LogP contribution in [-0.2, 0) is 4.74 Å². The maximum atomic E-state index is 13.7. The van der Waals surface area contributed by atoms with E-state index in [0.717, 1.165) is 37.2 Å². The summed E-state index contributed by atoms with van der Waals surface area (Å²) in [6.07, 6.45) is 3.14. The smallest absolute Gasteiger partial charge is 0.142 e. The molecule has 0 aliphatic carbocycles. The summed E-state index contributed by atoms with van der Waals surface area (Å²) in [5.74, 6) is 2.35. The quantitative estimate of drug-likeness (QED) is 0.904. The normalized spacial score (nSPS) is 30.7. The molecule has 2 aliphatic heterocycles. The minimum Gasteiger partial charge on any atom is -0.374 e. The van der Waals surface area contributed by atoms with Gasteiger partial charge in [0.15, 0.2) is 0 Å². The summed E-state index contributed by atoms with van der Waals surface area (Å²) in [5, 5.41) is 3.60. The average Bonchev–Trinajstić information content (AvgIpc) is 2.92. The Kier molecular flexibility index (Phi) is 4.79. The molecule has 116 valence electrons. The Morgan fingerprint density at radius 1 is 1.52 bits per heavy atom. The van der Waals surface area contributed by atoms with Crippen LogP contribution in [0.2, 0.25) is 5.02 Å². The summed E-state index contributed by atoms with van der Waals surface area (Å²) in [4.78, 5) is 0. The lowest BCUT2D eigenvalue weighted by Gasteiger charge is -2.41. The first-order valence-electron chi connectivity index (χ1n) is 7.48. The number of thioether (sulfide) groups is 1. The number of benzene rings is 1. The Bertz CT molecular complexity index is 507. The van der Waals surface area contributed by atoms with Crippen LogP contribution in [0.15, 0.2) is 18.2 Å². The molecule has 1 aromatic rings. The highest BCUT2D eigenvalue weighted by Crippen LogP contribution is 2.44. The van der Waals surface area contributed by atoms with E-state index in [2.05, 4.69) is 5.32 Å². The standard InChI is InChI=1S/C16H21ClFNOS/c1-19-15(12-3-2-4-13(18)14(12)17)11-5-7-20-16(9-11)6-8-21-10-16/h2-4,11,15,19H,5-10H2,1H3. The van der Waals surface area contributed by atoms with Gasteiger partial charge in [0.25, 0.3) is 0 Å². The average molecular weight is 330 g/mol. The van der Waals surface area contributed by atoms with E-state index in [1.165, 1.54) is 11.8 Å². The van der Waals surface area contributed by atoms with Crippen molar-refractivity contribution in [1.29, 1.82) is 0 Å². The number of nitrogens with one attached hydrogen (secondary N) is 1. The molecule has 2 aliphatic rings. The Hall–Kier alpha value is -0.290. The molecule has 3 unspecified atom stereocenters. The summed E-state index contributed by atoms with van der Waals surface area (Å²) in [7, 11) is 1.93. The predicted octanol–water partition coefficient (Wildman–Crippen LogP) is 4.04. The summed E-state index contributed by atoms with van der Waals surface area (Å²) >= 11 is 8.16. The molecule has 2 saturated heterocycles. The van der Waals surface area contributed by atoms with Crippen molar-refractivity contribution in [1.82, 2.24) is 5.32 Å². The monoisotopic (exact) mass is 329 g/mol. The van der Waals surface area contributed by atoms with Crippen molar-refractivity contribution in [2.45, 2.75) is 30.9 Å². The number of halogens is 2. The van der Waals surface area contributed by atoms with Crippen molar-refractivity contribution in [3.63, 3.8) is 0 Å². The fourth-order valence-electron chi connectivity index (χ4n) is 3.62. The zero-order chi connectivity index (χ0) is 14.9. The van der Waals surface area contributed by atoms with Gasteiger partial charge in [-0.1, -0.05) is 23.7 Å². The molecule has 0 saturated carbocycles. The van der Waals surface area contributed by atoms with E-state index in [-0.39, 0.29) is 22.5 Å². The zero-order valence-corrected chi connectivity index (χ0v) is 13.8.